The lowest BCUT2D eigenvalue weighted by Crippen LogP contribution is -2.39. The maximum atomic E-state index is 12.8. The SMILES string of the molecule is CC(C)C1NC(c2ccc(Cl)cc2)N(C2CCCC2)C1=O. The number of carbonyl (C=O) groups excluding carboxylic acids is 1. The molecular formula is C17H23ClN2O. The molecule has 3 nitrogen and oxygen atoms in total. The number of hydrogen-bond acceptors (Lipinski definition) is 2. The molecule has 0 radical (unpaired) electrons. The number of halogens is 1. The minimum Gasteiger partial charge on any atom is -0.319 e. The van der Waals surface area contributed by atoms with Gasteiger partial charge in [-0.25, -0.2) is 0 Å². The Labute approximate surface area is 131 Å². The molecule has 1 amide bonds. The number of hydrogen-bond donors (Lipinski definition) is 1. The summed E-state index contributed by atoms with van der Waals surface area (Å²) in [7, 11) is 0. The van der Waals surface area contributed by atoms with E-state index in [4.69, 9.17) is 11.6 Å². The monoisotopic (exact) mass is 306 g/mol. The summed E-state index contributed by atoms with van der Waals surface area (Å²) in [5, 5.41) is 4.27. The van der Waals surface area contributed by atoms with Gasteiger partial charge < -0.3 is 4.90 Å². The fourth-order valence-corrected chi connectivity index (χ4v) is 3.69. The van der Waals surface area contributed by atoms with Gasteiger partial charge in [0, 0.05) is 11.1 Å². The quantitative estimate of drug-likeness (QED) is 0.922. The van der Waals surface area contributed by atoms with Gasteiger partial charge in [-0.3, -0.25) is 10.1 Å². The molecule has 2 aliphatic rings. The van der Waals surface area contributed by atoms with Gasteiger partial charge in [0.05, 0.1) is 6.04 Å². The molecule has 21 heavy (non-hydrogen) atoms. The number of nitrogens with one attached hydrogen (secondary N) is 1. The van der Waals surface area contributed by atoms with Crippen LogP contribution in [-0.2, 0) is 4.79 Å². The zero-order valence-electron chi connectivity index (χ0n) is 12.7. The number of nitrogens with zero attached hydrogens (tertiary/aromatic N) is 1. The van der Waals surface area contributed by atoms with Crippen molar-refractivity contribution in [2.75, 3.05) is 0 Å². The van der Waals surface area contributed by atoms with E-state index < -0.39 is 0 Å². The van der Waals surface area contributed by atoms with Crippen LogP contribution in [0.3, 0.4) is 0 Å². The lowest BCUT2D eigenvalue weighted by Gasteiger charge is -2.30. The van der Waals surface area contributed by atoms with E-state index in [1.165, 1.54) is 12.8 Å². The van der Waals surface area contributed by atoms with Gasteiger partial charge in [0.15, 0.2) is 0 Å². The van der Waals surface area contributed by atoms with E-state index in [0.29, 0.717) is 12.0 Å². The average Bonchev–Trinajstić information content (AvgIpc) is 3.06. The maximum absolute atomic E-state index is 12.8. The van der Waals surface area contributed by atoms with Crippen LogP contribution in [0.25, 0.3) is 0 Å². The van der Waals surface area contributed by atoms with Crippen molar-refractivity contribution < 1.29 is 4.79 Å². The Morgan fingerprint density at radius 1 is 1.19 bits per heavy atom. The highest BCUT2D eigenvalue weighted by molar-refractivity contribution is 6.30. The highest BCUT2D eigenvalue weighted by Crippen LogP contribution is 2.35. The van der Waals surface area contributed by atoms with Gasteiger partial charge in [0.25, 0.3) is 0 Å². The number of amides is 1. The van der Waals surface area contributed by atoms with Crippen LogP contribution in [0.5, 0.6) is 0 Å². The molecule has 1 aliphatic carbocycles. The molecule has 0 aromatic heterocycles. The Kier molecular flexibility index (Phi) is 4.23. The molecule has 2 unspecified atom stereocenters. The zero-order chi connectivity index (χ0) is 15.0. The van der Waals surface area contributed by atoms with Crippen molar-refractivity contribution >= 4 is 17.5 Å². The number of rotatable bonds is 3. The first-order valence-corrected chi connectivity index (χ1v) is 8.29. The van der Waals surface area contributed by atoms with Crippen LogP contribution in [0.15, 0.2) is 24.3 Å². The summed E-state index contributed by atoms with van der Waals surface area (Å²) in [6.07, 6.45) is 4.71. The third-order valence-corrected chi connectivity index (χ3v) is 4.96. The van der Waals surface area contributed by atoms with Gasteiger partial charge in [-0.15, -0.1) is 0 Å². The van der Waals surface area contributed by atoms with Crippen molar-refractivity contribution in [2.24, 2.45) is 5.92 Å². The zero-order valence-corrected chi connectivity index (χ0v) is 13.4. The normalized spacial score (nSPS) is 27.0. The average molecular weight is 307 g/mol. The Balaban J connectivity index is 1.91. The van der Waals surface area contributed by atoms with Crippen molar-refractivity contribution in [2.45, 2.75) is 57.8 Å². The van der Waals surface area contributed by atoms with Gasteiger partial charge in [-0.1, -0.05) is 50.4 Å². The third kappa shape index (κ3) is 2.82. The summed E-state index contributed by atoms with van der Waals surface area (Å²) in [6.45, 7) is 4.21. The van der Waals surface area contributed by atoms with Crippen LogP contribution in [0.2, 0.25) is 5.02 Å². The van der Waals surface area contributed by atoms with E-state index in [1.54, 1.807) is 0 Å². The molecule has 1 heterocycles. The summed E-state index contributed by atoms with van der Waals surface area (Å²) in [5.41, 5.74) is 1.13. The molecule has 1 N–H and O–H groups in total. The summed E-state index contributed by atoms with van der Waals surface area (Å²) in [5.74, 6) is 0.565. The number of carbonyl (C=O) groups is 1. The van der Waals surface area contributed by atoms with E-state index in [1.807, 2.05) is 24.3 Å². The molecule has 1 aromatic carbocycles. The maximum Gasteiger partial charge on any atom is 0.241 e. The largest absolute Gasteiger partial charge is 0.319 e. The fraction of sp³-hybridized carbons (Fsp3) is 0.588. The second-order valence-electron chi connectivity index (χ2n) is 6.53. The van der Waals surface area contributed by atoms with Crippen LogP contribution >= 0.6 is 11.6 Å². The second-order valence-corrected chi connectivity index (χ2v) is 6.96. The lowest BCUT2D eigenvalue weighted by atomic mass is 10.0. The molecule has 3 rings (SSSR count). The fourth-order valence-electron chi connectivity index (χ4n) is 3.56. The first-order valence-electron chi connectivity index (χ1n) is 7.91. The van der Waals surface area contributed by atoms with Gasteiger partial charge in [-0.2, -0.15) is 0 Å². The predicted molar refractivity (Wildman–Crippen MR) is 85.1 cm³/mol. The van der Waals surface area contributed by atoms with Gasteiger partial charge >= 0.3 is 0 Å². The molecule has 1 aliphatic heterocycles. The molecular weight excluding hydrogens is 284 g/mol. The van der Waals surface area contributed by atoms with E-state index in [9.17, 15) is 4.79 Å². The highest BCUT2D eigenvalue weighted by Gasteiger charge is 2.44. The van der Waals surface area contributed by atoms with E-state index in [0.717, 1.165) is 23.4 Å². The molecule has 1 saturated heterocycles. The van der Waals surface area contributed by atoms with Crippen molar-refractivity contribution in [3.8, 4) is 0 Å². The standard InChI is InChI=1S/C17H23ClN2O/c1-11(2)15-17(21)20(14-5-3-4-6-14)16(19-15)12-7-9-13(18)10-8-12/h7-11,14-16,19H,3-6H2,1-2H3. The minimum atomic E-state index is -0.0775. The Bertz CT molecular complexity index is 508. The summed E-state index contributed by atoms with van der Waals surface area (Å²) in [6, 6.07) is 8.16. The van der Waals surface area contributed by atoms with Crippen molar-refractivity contribution in [3.63, 3.8) is 0 Å². The Morgan fingerprint density at radius 3 is 2.38 bits per heavy atom. The summed E-state index contributed by atoms with van der Waals surface area (Å²) in [4.78, 5) is 14.9. The van der Waals surface area contributed by atoms with Crippen LogP contribution in [0.4, 0.5) is 0 Å². The minimum absolute atomic E-state index is 0.00901. The first-order chi connectivity index (χ1) is 10.1. The summed E-state index contributed by atoms with van der Waals surface area (Å²) < 4.78 is 0. The van der Waals surface area contributed by atoms with E-state index in [2.05, 4.69) is 24.1 Å². The number of benzene rings is 1. The van der Waals surface area contributed by atoms with Crippen LogP contribution in [0.1, 0.15) is 51.3 Å². The first kappa shape index (κ1) is 14.9. The topological polar surface area (TPSA) is 32.3 Å². The molecule has 1 aromatic rings. The molecule has 1 saturated carbocycles. The second kappa shape index (κ2) is 5.98. The molecule has 114 valence electrons. The Hall–Kier alpha value is -1.06. The van der Waals surface area contributed by atoms with Crippen molar-refractivity contribution in [3.05, 3.63) is 34.9 Å². The molecule has 2 atom stereocenters. The molecule has 4 heteroatoms. The van der Waals surface area contributed by atoms with Crippen LogP contribution < -0.4 is 5.32 Å². The Morgan fingerprint density at radius 2 is 1.81 bits per heavy atom. The summed E-state index contributed by atoms with van der Waals surface area (Å²) >= 11 is 5.99. The third-order valence-electron chi connectivity index (χ3n) is 4.71. The van der Waals surface area contributed by atoms with E-state index >= 15 is 0 Å². The lowest BCUT2D eigenvalue weighted by molar-refractivity contribution is -0.133. The van der Waals surface area contributed by atoms with Gasteiger partial charge in [-0.05, 0) is 36.5 Å². The van der Waals surface area contributed by atoms with Gasteiger partial charge in [0.1, 0.15) is 6.17 Å². The molecule has 0 bridgehead atoms. The predicted octanol–water partition coefficient (Wildman–Crippen LogP) is 3.74. The molecule has 0 spiro atoms. The molecule has 2 fully saturated rings. The van der Waals surface area contributed by atoms with Crippen molar-refractivity contribution in [1.29, 1.82) is 0 Å². The highest BCUT2D eigenvalue weighted by atomic mass is 35.5. The van der Waals surface area contributed by atoms with E-state index in [-0.39, 0.29) is 18.1 Å². The van der Waals surface area contributed by atoms with Crippen molar-refractivity contribution in [1.82, 2.24) is 10.2 Å². The van der Waals surface area contributed by atoms with Gasteiger partial charge in [0.2, 0.25) is 5.91 Å². The smallest absolute Gasteiger partial charge is 0.241 e. The van der Waals surface area contributed by atoms with Crippen LogP contribution in [-0.4, -0.2) is 22.9 Å². The van der Waals surface area contributed by atoms with Crippen LogP contribution in [0, 0.1) is 5.92 Å².